The van der Waals surface area contributed by atoms with E-state index in [2.05, 4.69) is 47.1 Å². The molecule has 0 spiro atoms. The number of hydrogen-bond acceptors (Lipinski definition) is 2. The molecule has 1 atom stereocenters. The molecule has 0 radical (unpaired) electrons. The Morgan fingerprint density at radius 1 is 1.38 bits per heavy atom. The third-order valence-corrected chi connectivity index (χ3v) is 3.48. The lowest BCUT2D eigenvalue weighted by Crippen LogP contribution is -2.45. The van der Waals surface area contributed by atoms with Crippen molar-refractivity contribution in [3.63, 3.8) is 0 Å². The minimum atomic E-state index is 0.604. The Kier molecular flexibility index (Phi) is 4.02. The van der Waals surface area contributed by atoms with Gasteiger partial charge in [0, 0.05) is 45.1 Å². The van der Waals surface area contributed by atoms with Gasteiger partial charge in [0.25, 0.3) is 0 Å². The molecule has 3 heteroatoms. The molecule has 16 heavy (non-hydrogen) atoms. The van der Waals surface area contributed by atoms with Crippen molar-refractivity contribution in [3.8, 4) is 0 Å². The minimum absolute atomic E-state index is 0.604. The second-order valence-corrected chi connectivity index (χ2v) is 4.63. The SMILES string of the molecule is CCC[C@H](c1cccn1C)N1CCNCC1. The van der Waals surface area contributed by atoms with E-state index in [9.17, 15) is 0 Å². The molecule has 1 saturated heterocycles. The first kappa shape index (κ1) is 11.7. The smallest absolute Gasteiger partial charge is 0.0501 e. The molecule has 3 nitrogen and oxygen atoms in total. The lowest BCUT2D eigenvalue weighted by Gasteiger charge is -2.35. The van der Waals surface area contributed by atoms with Gasteiger partial charge in [0.1, 0.15) is 0 Å². The van der Waals surface area contributed by atoms with Crippen molar-refractivity contribution in [2.75, 3.05) is 26.2 Å². The van der Waals surface area contributed by atoms with Gasteiger partial charge < -0.3 is 9.88 Å². The predicted molar refractivity (Wildman–Crippen MR) is 67.5 cm³/mol. The third kappa shape index (κ3) is 2.47. The standard InChI is InChI=1S/C13H23N3/c1-3-5-13(12-6-4-9-15(12)2)16-10-7-14-8-11-16/h4,6,9,13-14H,3,5,7-8,10-11H2,1-2H3/t13-/m1/s1. The fourth-order valence-electron chi connectivity index (χ4n) is 2.61. The molecule has 0 unspecified atom stereocenters. The first-order chi connectivity index (χ1) is 7.83. The number of rotatable bonds is 4. The van der Waals surface area contributed by atoms with Gasteiger partial charge in [0.2, 0.25) is 0 Å². The van der Waals surface area contributed by atoms with Gasteiger partial charge in [-0.1, -0.05) is 13.3 Å². The molecule has 1 aromatic heterocycles. The molecule has 2 rings (SSSR count). The summed E-state index contributed by atoms with van der Waals surface area (Å²) in [4.78, 5) is 2.62. The topological polar surface area (TPSA) is 20.2 Å². The quantitative estimate of drug-likeness (QED) is 0.836. The van der Waals surface area contributed by atoms with E-state index >= 15 is 0 Å². The Balaban J connectivity index is 2.12. The highest BCUT2D eigenvalue weighted by molar-refractivity contribution is 5.12. The largest absolute Gasteiger partial charge is 0.353 e. The van der Waals surface area contributed by atoms with E-state index < -0.39 is 0 Å². The fraction of sp³-hybridized carbons (Fsp3) is 0.692. The van der Waals surface area contributed by atoms with Crippen molar-refractivity contribution < 1.29 is 0 Å². The van der Waals surface area contributed by atoms with Crippen molar-refractivity contribution in [2.24, 2.45) is 7.05 Å². The van der Waals surface area contributed by atoms with Crippen molar-refractivity contribution in [1.82, 2.24) is 14.8 Å². The van der Waals surface area contributed by atoms with Crippen molar-refractivity contribution in [1.29, 1.82) is 0 Å². The summed E-state index contributed by atoms with van der Waals surface area (Å²) in [6.45, 7) is 6.89. The number of aromatic nitrogens is 1. The summed E-state index contributed by atoms with van der Waals surface area (Å²) in [6, 6.07) is 5.02. The van der Waals surface area contributed by atoms with Gasteiger partial charge in [-0.15, -0.1) is 0 Å². The maximum Gasteiger partial charge on any atom is 0.0501 e. The maximum atomic E-state index is 3.42. The van der Waals surface area contributed by atoms with Crippen LogP contribution < -0.4 is 5.32 Å². The van der Waals surface area contributed by atoms with Gasteiger partial charge in [-0.05, 0) is 18.6 Å². The van der Waals surface area contributed by atoms with Crippen molar-refractivity contribution in [3.05, 3.63) is 24.0 Å². The lowest BCUT2D eigenvalue weighted by molar-refractivity contribution is 0.159. The summed E-state index contributed by atoms with van der Waals surface area (Å²) in [6.07, 6.45) is 4.66. The molecule has 1 aliphatic heterocycles. The van der Waals surface area contributed by atoms with Crippen LogP contribution in [0.2, 0.25) is 0 Å². The molecule has 0 saturated carbocycles. The number of piperazine rings is 1. The van der Waals surface area contributed by atoms with E-state index in [0.29, 0.717) is 6.04 Å². The normalized spacial score (nSPS) is 19.9. The van der Waals surface area contributed by atoms with Gasteiger partial charge in [0.15, 0.2) is 0 Å². The van der Waals surface area contributed by atoms with Crippen LogP contribution in [-0.2, 0) is 7.05 Å². The molecule has 1 aromatic rings. The molecule has 0 aromatic carbocycles. The van der Waals surface area contributed by atoms with Crippen LogP contribution in [0.1, 0.15) is 31.5 Å². The van der Waals surface area contributed by atoms with Crippen LogP contribution in [0.4, 0.5) is 0 Å². The van der Waals surface area contributed by atoms with E-state index in [0.717, 1.165) is 13.1 Å². The number of aryl methyl sites for hydroxylation is 1. The van der Waals surface area contributed by atoms with Crippen molar-refractivity contribution in [2.45, 2.75) is 25.8 Å². The number of nitrogens with one attached hydrogen (secondary N) is 1. The molecule has 0 amide bonds. The molecule has 1 N–H and O–H groups in total. The average Bonchev–Trinajstić information content (AvgIpc) is 2.73. The van der Waals surface area contributed by atoms with Gasteiger partial charge in [0.05, 0.1) is 6.04 Å². The zero-order chi connectivity index (χ0) is 11.4. The van der Waals surface area contributed by atoms with Gasteiger partial charge in [-0.25, -0.2) is 0 Å². The van der Waals surface area contributed by atoms with Crippen LogP contribution in [0.5, 0.6) is 0 Å². The van der Waals surface area contributed by atoms with Gasteiger partial charge in [-0.3, -0.25) is 4.90 Å². The summed E-state index contributed by atoms with van der Waals surface area (Å²) < 4.78 is 2.27. The molecular weight excluding hydrogens is 198 g/mol. The van der Waals surface area contributed by atoms with E-state index in [1.165, 1.54) is 31.6 Å². The second kappa shape index (κ2) is 5.51. The number of hydrogen-bond donors (Lipinski definition) is 1. The van der Waals surface area contributed by atoms with E-state index in [4.69, 9.17) is 0 Å². The Morgan fingerprint density at radius 2 is 2.12 bits per heavy atom. The van der Waals surface area contributed by atoms with Crippen LogP contribution in [0.25, 0.3) is 0 Å². The summed E-state index contributed by atoms with van der Waals surface area (Å²) in [5, 5.41) is 3.42. The van der Waals surface area contributed by atoms with Crippen LogP contribution >= 0.6 is 0 Å². The van der Waals surface area contributed by atoms with Gasteiger partial charge in [-0.2, -0.15) is 0 Å². The van der Waals surface area contributed by atoms with Crippen LogP contribution in [0.15, 0.2) is 18.3 Å². The van der Waals surface area contributed by atoms with Crippen LogP contribution in [0.3, 0.4) is 0 Å². The first-order valence-electron chi connectivity index (χ1n) is 6.39. The van der Waals surface area contributed by atoms with E-state index in [1.54, 1.807) is 0 Å². The average molecular weight is 221 g/mol. The second-order valence-electron chi connectivity index (χ2n) is 4.63. The maximum absolute atomic E-state index is 3.42. The fourth-order valence-corrected chi connectivity index (χ4v) is 2.61. The molecule has 90 valence electrons. The summed E-state index contributed by atoms with van der Waals surface area (Å²) >= 11 is 0. The van der Waals surface area contributed by atoms with Crippen LogP contribution in [0, 0.1) is 0 Å². The molecular formula is C13H23N3. The summed E-state index contributed by atoms with van der Waals surface area (Å²) in [5.74, 6) is 0. The highest BCUT2D eigenvalue weighted by Gasteiger charge is 2.22. The molecule has 1 fully saturated rings. The monoisotopic (exact) mass is 221 g/mol. The predicted octanol–water partition coefficient (Wildman–Crippen LogP) is 1.77. The Labute approximate surface area is 98.4 Å². The Bertz CT molecular complexity index is 313. The molecule has 0 bridgehead atoms. The summed E-state index contributed by atoms with van der Waals surface area (Å²) in [5.41, 5.74) is 1.46. The Hall–Kier alpha value is -0.800. The van der Waals surface area contributed by atoms with Gasteiger partial charge >= 0.3 is 0 Å². The Morgan fingerprint density at radius 3 is 2.69 bits per heavy atom. The highest BCUT2D eigenvalue weighted by Crippen LogP contribution is 2.25. The number of nitrogens with zero attached hydrogens (tertiary/aromatic N) is 2. The van der Waals surface area contributed by atoms with Crippen molar-refractivity contribution >= 4 is 0 Å². The summed E-state index contributed by atoms with van der Waals surface area (Å²) in [7, 11) is 2.15. The van der Waals surface area contributed by atoms with E-state index in [1.807, 2.05) is 0 Å². The first-order valence-corrected chi connectivity index (χ1v) is 6.39. The zero-order valence-corrected chi connectivity index (χ0v) is 10.4. The molecule has 2 heterocycles. The minimum Gasteiger partial charge on any atom is -0.353 e. The molecule has 0 aliphatic carbocycles. The van der Waals surface area contributed by atoms with Crippen LogP contribution in [-0.4, -0.2) is 35.6 Å². The molecule has 1 aliphatic rings. The zero-order valence-electron chi connectivity index (χ0n) is 10.4. The van der Waals surface area contributed by atoms with E-state index in [-0.39, 0.29) is 0 Å². The third-order valence-electron chi connectivity index (χ3n) is 3.48. The highest BCUT2D eigenvalue weighted by atomic mass is 15.2. The lowest BCUT2D eigenvalue weighted by atomic mass is 10.1.